The Hall–Kier alpha value is -2.47. The van der Waals surface area contributed by atoms with Gasteiger partial charge < -0.3 is 0 Å². The van der Waals surface area contributed by atoms with Crippen LogP contribution in [-0.2, 0) is 24.4 Å². The van der Waals surface area contributed by atoms with E-state index in [-0.39, 0.29) is 0 Å². The maximum atomic E-state index is 5.92. The second kappa shape index (κ2) is 5.38. The quantitative estimate of drug-likeness (QED) is 0.743. The van der Waals surface area contributed by atoms with E-state index in [1.165, 1.54) is 17.5 Å². The van der Waals surface area contributed by atoms with Crippen molar-refractivity contribution in [1.82, 2.24) is 19.6 Å². The normalized spacial score (nSPS) is 14.3. The molecule has 6 heteroatoms. The Bertz CT molecular complexity index is 813. The first-order chi connectivity index (χ1) is 10.8. The second-order valence-corrected chi connectivity index (χ2v) is 5.41. The van der Waals surface area contributed by atoms with Crippen molar-refractivity contribution in [2.75, 3.05) is 5.06 Å². The molecule has 3 aromatic rings. The van der Waals surface area contributed by atoms with Crippen molar-refractivity contribution >= 4 is 11.6 Å². The molecule has 3 heterocycles. The molecule has 0 fully saturated rings. The van der Waals surface area contributed by atoms with E-state index in [4.69, 9.17) is 4.84 Å². The Balaban J connectivity index is 1.76. The highest BCUT2D eigenvalue weighted by atomic mass is 16.7. The van der Waals surface area contributed by atoms with Gasteiger partial charge in [-0.2, -0.15) is 14.6 Å². The zero-order valence-corrected chi connectivity index (χ0v) is 12.4. The summed E-state index contributed by atoms with van der Waals surface area (Å²) in [4.78, 5) is 14.7. The first kappa shape index (κ1) is 13.2. The highest BCUT2D eigenvalue weighted by Gasteiger charge is 2.21. The summed E-state index contributed by atoms with van der Waals surface area (Å²) in [6.07, 6.45) is 3.49. The topological polar surface area (TPSA) is 55.6 Å². The first-order valence-electron chi connectivity index (χ1n) is 7.52. The summed E-state index contributed by atoms with van der Waals surface area (Å²) in [6.45, 7) is 3.40. The Morgan fingerprint density at radius 2 is 2.09 bits per heavy atom. The Labute approximate surface area is 128 Å². The molecule has 0 aliphatic carbocycles. The van der Waals surface area contributed by atoms with Crippen LogP contribution in [0.5, 0.6) is 0 Å². The molecule has 112 valence electrons. The number of anilines is 1. The largest absolute Gasteiger partial charge is 0.267 e. The summed E-state index contributed by atoms with van der Waals surface area (Å²) in [6, 6.07) is 10.4. The molecule has 2 aromatic heterocycles. The highest BCUT2D eigenvalue weighted by Crippen LogP contribution is 2.26. The van der Waals surface area contributed by atoms with Gasteiger partial charge in [-0.1, -0.05) is 37.6 Å². The SMILES string of the molecule is CCCc1cc(N2Cc3ccccc3CO2)n2ncnc2n1. The van der Waals surface area contributed by atoms with Crippen LogP contribution in [0.4, 0.5) is 5.82 Å². The minimum absolute atomic E-state index is 0.567. The van der Waals surface area contributed by atoms with Crippen molar-refractivity contribution in [2.24, 2.45) is 0 Å². The number of fused-ring (bicyclic) bond motifs is 2. The maximum absolute atomic E-state index is 5.92. The van der Waals surface area contributed by atoms with E-state index >= 15 is 0 Å². The number of hydrogen-bond donors (Lipinski definition) is 0. The first-order valence-corrected chi connectivity index (χ1v) is 7.52. The molecular formula is C16H17N5O. The lowest BCUT2D eigenvalue weighted by molar-refractivity contribution is 0.0753. The van der Waals surface area contributed by atoms with Crippen LogP contribution in [0.25, 0.3) is 5.78 Å². The fraction of sp³-hybridized carbons (Fsp3) is 0.312. The van der Waals surface area contributed by atoms with Crippen LogP contribution >= 0.6 is 0 Å². The molecule has 0 saturated carbocycles. The van der Waals surface area contributed by atoms with Crippen molar-refractivity contribution in [3.8, 4) is 0 Å². The lowest BCUT2D eigenvalue weighted by Crippen LogP contribution is -2.30. The van der Waals surface area contributed by atoms with Gasteiger partial charge in [0.1, 0.15) is 12.9 Å². The summed E-state index contributed by atoms with van der Waals surface area (Å²) >= 11 is 0. The van der Waals surface area contributed by atoms with E-state index in [2.05, 4.69) is 40.2 Å². The predicted molar refractivity (Wildman–Crippen MR) is 82.2 cm³/mol. The number of benzene rings is 1. The Morgan fingerprint density at radius 1 is 1.23 bits per heavy atom. The summed E-state index contributed by atoms with van der Waals surface area (Å²) < 4.78 is 1.73. The Kier molecular flexibility index (Phi) is 3.23. The summed E-state index contributed by atoms with van der Waals surface area (Å²) in [7, 11) is 0. The minimum Gasteiger partial charge on any atom is -0.267 e. The van der Waals surface area contributed by atoms with Gasteiger partial charge in [-0.25, -0.2) is 10.0 Å². The zero-order chi connectivity index (χ0) is 14.9. The molecule has 22 heavy (non-hydrogen) atoms. The standard InChI is InChI=1S/C16H17N5O/c1-2-5-14-8-15(21-16(19-14)17-11-18-21)20-9-12-6-3-4-7-13(12)10-22-20/h3-4,6-8,11H,2,5,9-10H2,1H3. The van der Waals surface area contributed by atoms with E-state index in [9.17, 15) is 0 Å². The molecule has 0 unspecified atom stereocenters. The molecular weight excluding hydrogens is 278 g/mol. The summed E-state index contributed by atoms with van der Waals surface area (Å²) in [5, 5.41) is 6.15. The molecule has 4 rings (SSSR count). The van der Waals surface area contributed by atoms with Crippen molar-refractivity contribution in [2.45, 2.75) is 32.9 Å². The molecule has 1 aromatic carbocycles. The number of nitrogens with zero attached hydrogens (tertiary/aromatic N) is 5. The van der Waals surface area contributed by atoms with Crippen LogP contribution in [0.15, 0.2) is 36.7 Å². The average molecular weight is 295 g/mol. The smallest absolute Gasteiger partial charge is 0.254 e. The number of hydroxylamine groups is 1. The lowest BCUT2D eigenvalue weighted by atomic mass is 10.1. The van der Waals surface area contributed by atoms with Crippen LogP contribution in [0, 0.1) is 0 Å². The van der Waals surface area contributed by atoms with Crippen molar-refractivity contribution in [3.63, 3.8) is 0 Å². The van der Waals surface area contributed by atoms with Crippen LogP contribution in [0.2, 0.25) is 0 Å². The van der Waals surface area contributed by atoms with Gasteiger partial charge in [-0.15, -0.1) is 0 Å². The summed E-state index contributed by atoms with van der Waals surface area (Å²) in [5.41, 5.74) is 3.52. The van der Waals surface area contributed by atoms with Crippen LogP contribution < -0.4 is 5.06 Å². The molecule has 6 nitrogen and oxygen atoms in total. The van der Waals surface area contributed by atoms with Crippen LogP contribution in [0.1, 0.15) is 30.2 Å². The summed E-state index contributed by atoms with van der Waals surface area (Å²) in [5.74, 6) is 1.49. The number of aryl methyl sites for hydroxylation is 1. The minimum atomic E-state index is 0.567. The average Bonchev–Trinajstić information content (AvgIpc) is 3.02. The third-order valence-corrected chi connectivity index (χ3v) is 3.86. The predicted octanol–water partition coefficient (Wildman–Crippen LogP) is 2.53. The van der Waals surface area contributed by atoms with E-state index in [0.717, 1.165) is 24.4 Å². The van der Waals surface area contributed by atoms with Crippen molar-refractivity contribution < 1.29 is 4.84 Å². The molecule has 0 bridgehead atoms. The van der Waals surface area contributed by atoms with E-state index in [0.29, 0.717) is 18.9 Å². The second-order valence-electron chi connectivity index (χ2n) is 5.41. The lowest BCUT2D eigenvalue weighted by Gasteiger charge is -2.29. The number of rotatable bonds is 3. The van der Waals surface area contributed by atoms with Crippen molar-refractivity contribution in [3.05, 3.63) is 53.5 Å². The molecule has 1 aliphatic rings. The van der Waals surface area contributed by atoms with Gasteiger partial charge in [0.25, 0.3) is 5.78 Å². The third kappa shape index (κ3) is 2.21. The fourth-order valence-corrected chi connectivity index (χ4v) is 2.75. The maximum Gasteiger partial charge on any atom is 0.254 e. The zero-order valence-electron chi connectivity index (χ0n) is 12.4. The monoisotopic (exact) mass is 295 g/mol. The fourth-order valence-electron chi connectivity index (χ4n) is 2.75. The van der Waals surface area contributed by atoms with Crippen molar-refractivity contribution in [1.29, 1.82) is 0 Å². The molecule has 0 amide bonds. The van der Waals surface area contributed by atoms with Gasteiger partial charge in [0.15, 0.2) is 5.82 Å². The van der Waals surface area contributed by atoms with Gasteiger partial charge in [-0.3, -0.25) is 4.84 Å². The number of hydrogen-bond acceptors (Lipinski definition) is 5. The van der Waals surface area contributed by atoms with Gasteiger partial charge >= 0.3 is 0 Å². The van der Waals surface area contributed by atoms with Gasteiger partial charge in [0.05, 0.1) is 6.54 Å². The molecule has 0 N–H and O–H groups in total. The van der Waals surface area contributed by atoms with Gasteiger partial charge in [0, 0.05) is 11.8 Å². The van der Waals surface area contributed by atoms with Gasteiger partial charge in [0.2, 0.25) is 0 Å². The number of aromatic nitrogens is 4. The van der Waals surface area contributed by atoms with E-state index < -0.39 is 0 Å². The third-order valence-electron chi connectivity index (χ3n) is 3.86. The Morgan fingerprint density at radius 3 is 2.95 bits per heavy atom. The molecule has 0 atom stereocenters. The van der Waals surface area contributed by atoms with E-state index in [1.807, 2.05) is 17.2 Å². The molecule has 0 saturated heterocycles. The van der Waals surface area contributed by atoms with Crippen LogP contribution in [-0.4, -0.2) is 19.6 Å². The van der Waals surface area contributed by atoms with Gasteiger partial charge in [-0.05, 0) is 17.5 Å². The highest BCUT2D eigenvalue weighted by molar-refractivity contribution is 5.47. The van der Waals surface area contributed by atoms with Crippen LogP contribution in [0.3, 0.4) is 0 Å². The molecule has 0 spiro atoms. The molecule has 1 aliphatic heterocycles. The molecule has 0 radical (unpaired) electrons. The van der Waals surface area contributed by atoms with E-state index in [1.54, 1.807) is 4.52 Å².